The lowest BCUT2D eigenvalue weighted by Gasteiger charge is -2.24. The number of hydrogen-bond donors (Lipinski definition) is 0. The van der Waals surface area contributed by atoms with E-state index in [4.69, 9.17) is 15.0 Å². The van der Waals surface area contributed by atoms with Gasteiger partial charge in [0, 0.05) is 53.4 Å². The van der Waals surface area contributed by atoms with Crippen molar-refractivity contribution in [3.05, 3.63) is 126 Å². The number of thiazole rings is 1. The summed E-state index contributed by atoms with van der Waals surface area (Å²) in [5, 5.41) is 3.57. The lowest BCUT2D eigenvalue weighted by molar-refractivity contribution is 0.658. The molecule has 0 saturated carbocycles. The lowest BCUT2D eigenvalue weighted by atomic mass is 9.80. The predicted octanol–water partition coefficient (Wildman–Crippen LogP) is 10.8. The Bertz CT molecular complexity index is 2360. The Morgan fingerprint density at radius 3 is 2.12 bits per heavy atom. The number of aromatic nitrogens is 3. The molecule has 9 rings (SSSR count). The van der Waals surface area contributed by atoms with Crippen LogP contribution in [0, 0.1) is 0 Å². The number of para-hydroxylation sites is 1. The first kappa shape index (κ1) is 24.8. The van der Waals surface area contributed by atoms with Crippen LogP contribution in [-0.2, 0) is 5.41 Å². The average molecular weight is 588 g/mol. The van der Waals surface area contributed by atoms with E-state index in [9.17, 15) is 0 Å². The molecule has 3 heterocycles. The van der Waals surface area contributed by atoms with Crippen molar-refractivity contribution in [2.45, 2.75) is 19.3 Å². The van der Waals surface area contributed by atoms with Gasteiger partial charge in [0.15, 0.2) is 5.82 Å². The van der Waals surface area contributed by atoms with Crippen LogP contribution in [-0.4, -0.2) is 15.0 Å². The second-order valence-corrected chi connectivity index (χ2v) is 13.7. The highest BCUT2D eigenvalue weighted by Crippen LogP contribution is 2.52. The molecule has 0 spiro atoms. The molecule has 8 aromatic rings. The zero-order valence-corrected chi connectivity index (χ0v) is 25.3. The van der Waals surface area contributed by atoms with E-state index in [0.29, 0.717) is 0 Å². The summed E-state index contributed by atoms with van der Waals surface area (Å²) in [6.45, 7) is 4.62. The Morgan fingerprint density at radius 1 is 0.558 bits per heavy atom. The molecule has 0 amide bonds. The van der Waals surface area contributed by atoms with Gasteiger partial charge in [-0.25, -0.2) is 15.0 Å². The maximum absolute atomic E-state index is 5.44. The molecule has 204 valence electrons. The first-order valence-corrected chi connectivity index (χ1v) is 16.1. The number of thiophene rings is 1. The molecule has 1 aliphatic rings. The maximum Gasteiger partial charge on any atom is 0.160 e. The minimum atomic E-state index is -0.235. The summed E-state index contributed by atoms with van der Waals surface area (Å²) in [4.78, 5) is 15.7. The van der Waals surface area contributed by atoms with Crippen molar-refractivity contribution >= 4 is 53.1 Å². The SMILES string of the molecule is CC1(C)c2ccccc2-c2nc(-c3cccc(-c4nc5ccccc5s4)c3)nc(-c3cccc4c3sc3ccccc34)c21. The molecular weight excluding hydrogens is 563 g/mol. The summed E-state index contributed by atoms with van der Waals surface area (Å²) in [7, 11) is 0. The van der Waals surface area contributed by atoms with Crippen molar-refractivity contribution in [1.29, 1.82) is 0 Å². The molecule has 0 unspecified atom stereocenters. The molecule has 43 heavy (non-hydrogen) atoms. The van der Waals surface area contributed by atoms with Crippen LogP contribution in [0.1, 0.15) is 25.0 Å². The zero-order valence-electron chi connectivity index (χ0n) is 23.6. The van der Waals surface area contributed by atoms with Crippen LogP contribution >= 0.6 is 22.7 Å². The third kappa shape index (κ3) is 3.68. The van der Waals surface area contributed by atoms with E-state index in [1.165, 1.54) is 47.1 Å². The molecule has 3 aromatic heterocycles. The first-order chi connectivity index (χ1) is 21.1. The van der Waals surface area contributed by atoms with Gasteiger partial charge in [0.2, 0.25) is 0 Å². The number of fused-ring (bicyclic) bond motifs is 7. The summed E-state index contributed by atoms with van der Waals surface area (Å²) in [6.07, 6.45) is 0. The standard InChI is InChI=1S/C38H25N3S2/c1-38(2)28-17-5-3-14-26(28)33-32(38)34(27-16-10-15-25-24-13-4-7-19-30(24)42-35(25)27)41-36(40-33)22-11-9-12-23(21-22)37-39-29-18-6-8-20-31(29)43-37/h3-21H,1-2H3. The summed E-state index contributed by atoms with van der Waals surface area (Å²) < 4.78 is 3.75. The van der Waals surface area contributed by atoms with Gasteiger partial charge < -0.3 is 0 Å². The fourth-order valence-corrected chi connectivity index (χ4v) is 8.84. The van der Waals surface area contributed by atoms with Crippen molar-refractivity contribution in [2.75, 3.05) is 0 Å². The van der Waals surface area contributed by atoms with Gasteiger partial charge >= 0.3 is 0 Å². The number of nitrogens with zero attached hydrogens (tertiary/aromatic N) is 3. The average Bonchev–Trinajstić information content (AvgIpc) is 3.72. The molecule has 5 heteroatoms. The largest absolute Gasteiger partial charge is 0.236 e. The predicted molar refractivity (Wildman–Crippen MR) is 182 cm³/mol. The Labute approximate surface area is 257 Å². The molecule has 0 atom stereocenters. The summed E-state index contributed by atoms with van der Waals surface area (Å²) >= 11 is 3.57. The van der Waals surface area contributed by atoms with Crippen molar-refractivity contribution < 1.29 is 0 Å². The molecule has 1 aliphatic carbocycles. The molecule has 0 radical (unpaired) electrons. The van der Waals surface area contributed by atoms with Gasteiger partial charge in [-0.2, -0.15) is 0 Å². The Kier molecular flexibility index (Phi) is 5.28. The van der Waals surface area contributed by atoms with Crippen molar-refractivity contribution in [2.24, 2.45) is 0 Å². The van der Waals surface area contributed by atoms with Crippen molar-refractivity contribution in [3.8, 4) is 44.5 Å². The summed E-state index contributed by atoms with van der Waals surface area (Å²) in [5.41, 5.74) is 9.77. The van der Waals surface area contributed by atoms with Gasteiger partial charge in [0.05, 0.1) is 21.6 Å². The molecule has 0 fully saturated rings. The van der Waals surface area contributed by atoms with Gasteiger partial charge in [-0.3, -0.25) is 0 Å². The monoisotopic (exact) mass is 587 g/mol. The Hall–Kier alpha value is -4.71. The van der Waals surface area contributed by atoms with E-state index in [2.05, 4.69) is 123 Å². The molecule has 5 aromatic carbocycles. The van der Waals surface area contributed by atoms with Gasteiger partial charge in [-0.15, -0.1) is 22.7 Å². The topological polar surface area (TPSA) is 38.7 Å². The zero-order chi connectivity index (χ0) is 28.7. The van der Waals surface area contributed by atoms with Crippen LogP contribution in [0.2, 0.25) is 0 Å². The second-order valence-electron chi connectivity index (χ2n) is 11.6. The van der Waals surface area contributed by atoms with E-state index in [1.54, 1.807) is 11.3 Å². The highest BCUT2D eigenvalue weighted by Gasteiger charge is 2.40. The smallest absolute Gasteiger partial charge is 0.160 e. The van der Waals surface area contributed by atoms with Gasteiger partial charge in [0.25, 0.3) is 0 Å². The van der Waals surface area contributed by atoms with Crippen LogP contribution < -0.4 is 0 Å². The Balaban J connectivity index is 1.31. The fraction of sp³-hybridized carbons (Fsp3) is 0.0789. The van der Waals surface area contributed by atoms with Gasteiger partial charge in [-0.05, 0) is 29.8 Å². The van der Waals surface area contributed by atoms with E-state index >= 15 is 0 Å². The summed E-state index contributed by atoms with van der Waals surface area (Å²) in [5.74, 6) is 0.738. The summed E-state index contributed by atoms with van der Waals surface area (Å²) in [6, 6.07) is 40.9. The van der Waals surface area contributed by atoms with Gasteiger partial charge in [-0.1, -0.05) is 105 Å². The van der Waals surface area contributed by atoms with Crippen LogP contribution in [0.5, 0.6) is 0 Å². The third-order valence-corrected chi connectivity index (χ3v) is 11.0. The molecule has 0 saturated heterocycles. The first-order valence-electron chi connectivity index (χ1n) is 14.5. The molecule has 3 nitrogen and oxygen atoms in total. The number of benzene rings is 5. The van der Waals surface area contributed by atoms with Crippen molar-refractivity contribution in [3.63, 3.8) is 0 Å². The molecule has 0 N–H and O–H groups in total. The van der Waals surface area contributed by atoms with Crippen LogP contribution in [0.25, 0.3) is 74.9 Å². The minimum Gasteiger partial charge on any atom is -0.236 e. The molecule has 0 bridgehead atoms. The normalized spacial score (nSPS) is 13.5. The molecule has 0 aliphatic heterocycles. The number of hydrogen-bond acceptors (Lipinski definition) is 5. The highest BCUT2D eigenvalue weighted by atomic mass is 32.1. The van der Waals surface area contributed by atoms with E-state index in [1.807, 2.05) is 17.4 Å². The maximum atomic E-state index is 5.44. The van der Waals surface area contributed by atoms with Crippen LogP contribution in [0.15, 0.2) is 115 Å². The van der Waals surface area contributed by atoms with E-state index in [0.717, 1.165) is 38.9 Å². The van der Waals surface area contributed by atoms with E-state index in [-0.39, 0.29) is 5.41 Å². The quantitative estimate of drug-likeness (QED) is 0.206. The fourth-order valence-electron chi connectivity index (χ4n) is 6.66. The third-order valence-electron chi connectivity index (χ3n) is 8.71. The van der Waals surface area contributed by atoms with Crippen LogP contribution in [0.4, 0.5) is 0 Å². The lowest BCUT2D eigenvalue weighted by Crippen LogP contribution is -2.17. The van der Waals surface area contributed by atoms with Crippen molar-refractivity contribution in [1.82, 2.24) is 15.0 Å². The molecular formula is C38H25N3S2. The van der Waals surface area contributed by atoms with Gasteiger partial charge in [0.1, 0.15) is 5.01 Å². The minimum absolute atomic E-state index is 0.235. The second kappa shape index (κ2) is 9.14. The Morgan fingerprint density at radius 2 is 1.23 bits per heavy atom. The van der Waals surface area contributed by atoms with Crippen LogP contribution in [0.3, 0.4) is 0 Å². The number of rotatable bonds is 3. The van der Waals surface area contributed by atoms with E-state index < -0.39 is 0 Å². The highest BCUT2D eigenvalue weighted by molar-refractivity contribution is 7.26.